The Balaban J connectivity index is 1.94. The lowest BCUT2D eigenvalue weighted by Gasteiger charge is -2.26. The third-order valence-electron chi connectivity index (χ3n) is 5.88. The van der Waals surface area contributed by atoms with Crippen LogP contribution in [-0.4, -0.2) is 27.4 Å². The molecule has 1 aliphatic heterocycles. The third-order valence-corrected chi connectivity index (χ3v) is 6.97. The van der Waals surface area contributed by atoms with E-state index in [1.54, 1.807) is 11.7 Å². The van der Waals surface area contributed by atoms with Crippen molar-refractivity contribution in [3.63, 3.8) is 0 Å². The summed E-state index contributed by atoms with van der Waals surface area (Å²) in [6.45, 7) is 13.6. The summed E-state index contributed by atoms with van der Waals surface area (Å²) in [5.74, 6) is -0.298. The first-order valence-corrected chi connectivity index (χ1v) is 11.1. The summed E-state index contributed by atoms with van der Waals surface area (Å²) in [5, 5.41) is 6.28. The second-order valence-electron chi connectivity index (χ2n) is 8.61. The molecule has 1 amide bonds. The number of nitrogens with zero attached hydrogens (tertiary/aromatic N) is 2. The fourth-order valence-electron chi connectivity index (χ4n) is 3.43. The van der Waals surface area contributed by atoms with Crippen molar-refractivity contribution >= 4 is 23.2 Å². The van der Waals surface area contributed by atoms with Crippen LogP contribution in [0.3, 0.4) is 0 Å². The molecule has 3 unspecified atom stereocenters. The zero-order valence-corrected chi connectivity index (χ0v) is 19.4. The van der Waals surface area contributed by atoms with E-state index >= 15 is 0 Å². The molecule has 0 radical (unpaired) electrons. The Labute approximate surface area is 181 Å². The topological polar surface area (TPSA) is 93.2 Å². The van der Waals surface area contributed by atoms with Crippen LogP contribution in [-0.2, 0) is 9.53 Å². The van der Waals surface area contributed by atoms with Crippen LogP contribution in [0, 0.1) is 12.8 Å². The highest BCUT2D eigenvalue weighted by Crippen LogP contribution is 2.31. The van der Waals surface area contributed by atoms with Crippen molar-refractivity contribution in [2.45, 2.75) is 72.2 Å². The second kappa shape index (κ2) is 8.43. The Morgan fingerprint density at radius 2 is 1.93 bits per heavy atom. The maximum absolute atomic E-state index is 13.2. The molecule has 2 N–H and O–H groups in total. The van der Waals surface area contributed by atoms with Crippen molar-refractivity contribution in [1.29, 1.82) is 0 Å². The molecule has 30 heavy (non-hydrogen) atoms. The number of carbonyl (C=O) groups is 2. The minimum Gasteiger partial charge on any atom is -0.453 e. The number of esters is 1. The van der Waals surface area contributed by atoms with E-state index in [0.717, 1.165) is 16.1 Å². The van der Waals surface area contributed by atoms with E-state index in [4.69, 9.17) is 4.74 Å². The Kier molecular flexibility index (Phi) is 6.29. The molecule has 2 aromatic rings. The summed E-state index contributed by atoms with van der Waals surface area (Å²) < 4.78 is 5.77. The van der Waals surface area contributed by atoms with Crippen molar-refractivity contribution in [3.05, 3.63) is 45.2 Å². The third kappa shape index (κ3) is 4.11. The number of hydrogen-bond acceptors (Lipinski definition) is 7. The van der Waals surface area contributed by atoms with Crippen molar-refractivity contribution < 1.29 is 14.3 Å². The molecule has 0 saturated carbocycles. The summed E-state index contributed by atoms with van der Waals surface area (Å²) in [5.41, 5.74) is 3.62. The quantitative estimate of drug-likeness (QED) is 0.673. The first-order valence-electron chi connectivity index (χ1n) is 10.2. The van der Waals surface area contributed by atoms with E-state index in [1.165, 1.54) is 11.3 Å². The molecule has 1 aliphatic rings. The number of rotatable bonds is 6. The summed E-state index contributed by atoms with van der Waals surface area (Å²) in [6.07, 6.45) is 0.772. The lowest BCUT2D eigenvalue weighted by atomic mass is 9.89. The number of hydrogen-bond donors (Lipinski definition) is 2. The summed E-state index contributed by atoms with van der Waals surface area (Å²) in [6, 6.07) is 1.82. The predicted octanol–water partition coefficient (Wildman–Crippen LogP) is 4.02. The lowest BCUT2D eigenvalue weighted by Crippen LogP contribution is -2.48. The number of aryl methyl sites for hydroxylation is 1. The fraction of sp³-hybridized carbons (Fsp3) is 0.545. The average Bonchev–Trinajstić information content (AvgIpc) is 3.25. The van der Waals surface area contributed by atoms with Gasteiger partial charge in [-0.2, -0.15) is 0 Å². The first-order chi connectivity index (χ1) is 14.0. The van der Waals surface area contributed by atoms with Crippen LogP contribution in [0.2, 0.25) is 0 Å². The predicted molar refractivity (Wildman–Crippen MR) is 116 cm³/mol. The number of nitrogens with one attached hydrogen (secondary N) is 2. The van der Waals surface area contributed by atoms with E-state index in [9.17, 15) is 9.59 Å². The van der Waals surface area contributed by atoms with Gasteiger partial charge in [-0.3, -0.25) is 15.1 Å². The Hall–Kier alpha value is -2.32. The lowest BCUT2D eigenvalue weighted by molar-refractivity contribution is -0.125. The van der Waals surface area contributed by atoms with Gasteiger partial charge in [-0.1, -0.05) is 27.7 Å². The van der Waals surface area contributed by atoms with Gasteiger partial charge in [0.2, 0.25) is 5.91 Å². The molecule has 1 fully saturated rings. The second-order valence-corrected chi connectivity index (χ2v) is 9.50. The van der Waals surface area contributed by atoms with Gasteiger partial charge in [-0.15, -0.1) is 11.3 Å². The standard InChI is InChI=1S/C22H30N4O3S/c1-11(2)15-8-16(20(27)29-14(6)18-13(5)24-10-30-18)17(23-9-15)19-25-21(28)22(7,26-19)12(3)4/h8-12,14,19,26H,1-7H3,(H,25,28). The van der Waals surface area contributed by atoms with Crippen LogP contribution in [0.25, 0.3) is 0 Å². The minimum atomic E-state index is -0.739. The molecule has 3 rings (SSSR count). The van der Waals surface area contributed by atoms with Crippen molar-refractivity contribution in [3.8, 4) is 0 Å². The SMILES string of the molecule is Cc1ncsc1C(C)OC(=O)c1cc(C(C)C)cnc1C1NC(=O)C(C)(C(C)C)N1. The van der Waals surface area contributed by atoms with E-state index in [0.29, 0.717) is 11.3 Å². The maximum atomic E-state index is 13.2. The van der Waals surface area contributed by atoms with Crippen LogP contribution < -0.4 is 10.6 Å². The Bertz CT molecular complexity index is 956. The minimum absolute atomic E-state index is 0.0714. The van der Waals surface area contributed by atoms with Crippen molar-refractivity contribution in [2.24, 2.45) is 5.92 Å². The van der Waals surface area contributed by atoms with Gasteiger partial charge in [0, 0.05) is 6.20 Å². The molecule has 0 spiro atoms. The molecule has 2 aromatic heterocycles. The number of pyridine rings is 1. The van der Waals surface area contributed by atoms with Crippen LogP contribution in [0.4, 0.5) is 0 Å². The van der Waals surface area contributed by atoms with E-state index in [1.807, 2.05) is 54.5 Å². The molecule has 8 heteroatoms. The van der Waals surface area contributed by atoms with Crippen molar-refractivity contribution in [1.82, 2.24) is 20.6 Å². The monoisotopic (exact) mass is 430 g/mol. The normalized spacial score (nSPS) is 22.4. The zero-order valence-electron chi connectivity index (χ0n) is 18.6. The van der Waals surface area contributed by atoms with Crippen LogP contribution in [0.15, 0.2) is 17.8 Å². The van der Waals surface area contributed by atoms with E-state index in [-0.39, 0.29) is 17.7 Å². The molecular formula is C22H30N4O3S. The Morgan fingerprint density at radius 1 is 1.23 bits per heavy atom. The van der Waals surface area contributed by atoms with Crippen LogP contribution in [0.1, 0.15) is 91.9 Å². The molecule has 1 saturated heterocycles. The number of ether oxygens (including phenoxy) is 1. The van der Waals surface area contributed by atoms with Crippen LogP contribution >= 0.6 is 11.3 Å². The highest BCUT2D eigenvalue weighted by molar-refractivity contribution is 7.09. The van der Waals surface area contributed by atoms with Gasteiger partial charge in [0.25, 0.3) is 0 Å². The van der Waals surface area contributed by atoms with Gasteiger partial charge in [-0.25, -0.2) is 9.78 Å². The summed E-state index contributed by atoms with van der Waals surface area (Å²) >= 11 is 1.46. The highest BCUT2D eigenvalue weighted by Gasteiger charge is 2.46. The van der Waals surface area contributed by atoms with Crippen LogP contribution in [0.5, 0.6) is 0 Å². The van der Waals surface area contributed by atoms with Crippen molar-refractivity contribution in [2.75, 3.05) is 0 Å². The maximum Gasteiger partial charge on any atom is 0.340 e. The summed E-state index contributed by atoms with van der Waals surface area (Å²) in [4.78, 5) is 35.5. The number of amides is 1. The molecular weight excluding hydrogens is 400 g/mol. The van der Waals surface area contributed by atoms with Gasteiger partial charge in [0.05, 0.1) is 32.9 Å². The number of thiazole rings is 1. The smallest absolute Gasteiger partial charge is 0.340 e. The molecule has 3 atom stereocenters. The fourth-order valence-corrected chi connectivity index (χ4v) is 4.21. The first kappa shape index (κ1) is 22.4. The molecule has 162 valence electrons. The molecule has 0 bridgehead atoms. The Morgan fingerprint density at radius 3 is 2.47 bits per heavy atom. The largest absolute Gasteiger partial charge is 0.453 e. The van der Waals surface area contributed by atoms with E-state index in [2.05, 4.69) is 20.6 Å². The van der Waals surface area contributed by atoms with Gasteiger partial charge >= 0.3 is 5.97 Å². The molecule has 3 heterocycles. The van der Waals surface area contributed by atoms with Gasteiger partial charge in [0.1, 0.15) is 12.3 Å². The number of carbonyl (C=O) groups excluding carboxylic acids is 2. The zero-order chi connectivity index (χ0) is 22.2. The van der Waals surface area contributed by atoms with Gasteiger partial charge in [-0.05, 0) is 44.2 Å². The molecule has 0 aromatic carbocycles. The summed E-state index contributed by atoms with van der Waals surface area (Å²) in [7, 11) is 0. The molecule has 7 nitrogen and oxygen atoms in total. The average molecular weight is 431 g/mol. The van der Waals surface area contributed by atoms with Gasteiger partial charge in [0.15, 0.2) is 0 Å². The highest BCUT2D eigenvalue weighted by atomic mass is 32.1. The van der Waals surface area contributed by atoms with Gasteiger partial charge < -0.3 is 10.1 Å². The van der Waals surface area contributed by atoms with E-state index < -0.39 is 23.8 Å². The molecule has 0 aliphatic carbocycles. The number of aromatic nitrogens is 2.